The molecule has 0 aromatic carbocycles. The Morgan fingerprint density at radius 2 is 1.62 bits per heavy atom. The van der Waals surface area contributed by atoms with Crippen LogP contribution in [0.25, 0.3) is 0 Å². The van der Waals surface area contributed by atoms with E-state index in [0.717, 1.165) is 5.25 Å². The van der Waals surface area contributed by atoms with Crippen LogP contribution in [0.3, 0.4) is 0 Å². The lowest BCUT2D eigenvalue weighted by Gasteiger charge is -2.09. The second-order valence-electron chi connectivity index (χ2n) is 3.46. The topological polar surface area (TPSA) is 0 Å². The molecule has 0 radical (unpaired) electrons. The van der Waals surface area contributed by atoms with Gasteiger partial charge in [0.1, 0.15) is 0 Å². The number of hydrogen-bond acceptors (Lipinski definition) is 2. The molecule has 0 aliphatic heterocycles. The van der Waals surface area contributed by atoms with Crippen LogP contribution in [0.4, 0.5) is 0 Å². The van der Waals surface area contributed by atoms with E-state index >= 15 is 0 Å². The van der Waals surface area contributed by atoms with Gasteiger partial charge < -0.3 is 0 Å². The van der Waals surface area contributed by atoms with E-state index in [1.807, 2.05) is 0 Å². The van der Waals surface area contributed by atoms with Crippen LogP contribution in [0.5, 0.6) is 0 Å². The fourth-order valence-electron chi connectivity index (χ4n) is 0.973. The predicted octanol–water partition coefficient (Wildman–Crippen LogP) is 4.44. The van der Waals surface area contributed by atoms with E-state index in [0.29, 0.717) is 0 Å². The van der Waals surface area contributed by atoms with Crippen LogP contribution in [0.1, 0.15) is 46.5 Å². The summed E-state index contributed by atoms with van der Waals surface area (Å²) in [5.74, 6) is 4.05. The van der Waals surface area contributed by atoms with Crippen LogP contribution in [0.2, 0.25) is 0 Å². The summed E-state index contributed by atoms with van der Waals surface area (Å²) >= 11 is 4.26. The maximum absolute atomic E-state index is 2.36. The zero-order chi connectivity index (χ0) is 9.94. The van der Waals surface area contributed by atoms with E-state index in [4.69, 9.17) is 0 Å². The van der Waals surface area contributed by atoms with Crippen molar-refractivity contribution < 1.29 is 0 Å². The monoisotopic (exact) mass is 220 g/mol. The molecular weight excluding hydrogens is 196 g/mol. The van der Waals surface area contributed by atoms with Crippen molar-refractivity contribution >= 4 is 23.5 Å². The lowest BCUT2D eigenvalue weighted by Crippen LogP contribution is -2.01. The van der Waals surface area contributed by atoms with E-state index < -0.39 is 0 Å². The molecule has 0 aromatic rings. The van der Waals surface area contributed by atoms with Crippen molar-refractivity contribution in [1.82, 2.24) is 0 Å². The van der Waals surface area contributed by atoms with Gasteiger partial charge in [0.05, 0.1) is 0 Å². The third-order valence-electron chi connectivity index (χ3n) is 1.90. The van der Waals surface area contributed by atoms with Gasteiger partial charge in [-0.15, -0.1) is 0 Å². The highest BCUT2D eigenvalue weighted by Crippen LogP contribution is 2.18. The molecule has 0 rings (SSSR count). The van der Waals surface area contributed by atoms with Crippen LogP contribution >= 0.6 is 23.5 Å². The minimum absolute atomic E-state index is 0.855. The average Bonchev–Trinajstić information content (AvgIpc) is 2.13. The van der Waals surface area contributed by atoms with Gasteiger partial charge in [0.2, 0.25) is 0 Å². The molecule has 0 saturated carbocycles. The number of rotatable bonds is 9. The second kappa shape index (κ2) is 10.8. The molecule has 0 spiro atoms. The van der Waals surface area contributed by atoms with Gasteiger partial charge in [-0.05, 0) is 24.3 Å². The number of unbranched alkanes of at least 4 members (excludes halogenated alkanes) is 2. The van der Waals surface area contributed by atoms with Crippen molar-refractivity contribution in [2.75, 3.05) is 17.3 Å². The van der Waals surface area contributed by atoms with Gasteiger partial charge in [0, 0.05) is 11.0 Å². The van der Waals surface area contributed by atoms with Crippen LogP contribution in [0, 0.1) is 0 Å². The summed E-state index contributed by atoms with van der Waals surface area (Å²) in [5.41, 5.74) is 0. The summed E-state index contributed by atoms with van der Waals surface area (Å²) in [5, 5.41) is 0.855. The van der Waals surface area contributed by atoms with Crippen molar-refractivity contribution in [3.8, 4) is 0 Å². The first-order valence-corrected chi connectivity index (χ1v) is 7.70. The first-order valence-electron chi connectivity index (χ1n) is 5.50. The number of hydrogen-bond donors (Lipinski definition) is 0. The summed E-state index contributed by atoms with van der Waals surface area (Å²) in [6.45, 7) is 6.89. The fraction of sp³-hybridized carbons (Fsp3) is 1.00. The third-order valence-corrected chi connectivity index (χ3v) is 4.68. The summed E-state index contributed by atoms with van der Waals surface area (Å²) in [6, 6.07) is 0. The molecule has 1 unspecified atom stereocenters. The molecule has 0 fully saturated rings. The molecular formula is C11H24S2. The zero-order valence-corrected chi connectivity index (χ0v) is 11.0. The van der Waals surface area contributed by atoms with Crippen LogP contribution in [0.15, 0.2) is 0 Å². The second-order valence-corrected chi connectivity index (χ2v) is 6.16. The van der Waals surface area contributed by atoms with Gasteiger partial charge in [0.15, 0.2) is 0 Å². The van der Waals surface area contributed by atoms with E-state index in [1.54, 1.807) is 0 Å². The van der Waals surface area contributed by atoms with E-state index in [1.165, 1.54) is 42.9 Å². The first kappa shape index (κ1) is 13.7. The molecule has 0 N–H and O–H groups in total. The lowest BCUT2D eigenvalue weighted by molar-refractivity contribution is 0.891. The van der Waals surface area contributed by atoms with E-state index in [-0.39, 0.29) is 0 Å². The van der Waals surface area contributed by atoms with Crippen LogP contribution in [-0.4, -0.2) is 22.5 Å². The normalized spacial score (nSPS) is 13.2. The molecule has 80 valence electrons. The summed E-state index contributed by atoms with van der Waals surface area (Å²) in [6.07, 6.45) is 5.44. The molecule has 0 amide bonds. The van der Waals surface area contributed by atoms with Crippen LogP contribution in [-0.2, 0) is 0 Å². The van der Waals surface area contributed by atoms with Crippen molar-refractivity contribution in [2.45, 2.75) is 51.7 Å². The largest absolute Gasteiger partial charge is 0.161 e. The molecule has 1 atom stereocenters. The molecule has 0 aliphatic carbocycles. The molecule has 0 saturated heterocycles. The van der Waals surface area contributed by atoms with Gasteiger partial charge >= 0.3 is 0 Å². The molecule has 0 aromatic heterocycles. The Morgan fingerprint density at radius 1 is 1.00 bits per heavy atom. The minimum Gasteiger partial charge on any atom is -0.161 e. The lowest BCUT2D eigenvalue weighted by atomic mass is 10.4. The molecule has 2 heteroatoms. The molecule has 0 heterocycles. The van der Waals surface area contributed by atoms with Gasteiger partial charge in [-0.1, -0.05) is 33.6 Å². The van der Waals surface area contributed by atoms with Gasteiger partial charge in [-0.3, -0.25) is 0 Å². The van der Waals surface area contributed by atoms with Crippen LogP contribution < -0.4 is 0 Å². The predicted molar refractivity (Wildman–Crippen MR) is 69.1 cm³/mol. The SMILES string of the molecule is CCCCSCC(C)SCCCC. The minimum atomic E-state index is 0.855. The maximum Gasteiger partial charge on any atom is 0.0109 e. The highest BCUT2D eigenvalue weighted by Gasteiger charge is 2.01. The average molecular weight is 220 g/mol. The Balaban J connectivity index is 3.05. The maximum atomic E-state index is 2.36. The standard InChI is InChI=1S/C11H24S2/c1-4-6-8-12-10-11(3)13-9-7-5-2/h11H,4-10H2,1-3H3. The third kappa shape index (κ3) is 10.6. The molecule has 0 nitrogen and oxygen atoms in total. The Hall–Kier alpha value is 0.700. The molecule has 0 aliphatic rings. The van der Waals surface area contributed by atoms with Crippen molar-refractivity contribution in [2.24, 2.45) is 0 Å². The van der Waals surface area contributed by atoms with Gasteiger partial charge in [0.25, 0.3) is 0 Å². The Labute approximate surface area is 92.6 Å². The molecule has 13 heavy (non-hydrogen) atoms. The van der Waals surface area contributed by atoms with Crippen molar-refractivity contribution in [3.05, 3.63) is 0 Å². The quantitative estimate of drug-likeness (QED) is 0.527. The molecule has 0 bridgehead atoms. The van der Waals surface area contributed by atoms with E-state index in [9.17, 15) is 0 Å². The van der Waals surface area contributed by atoms with Crippen molar-refractivity contribution in [1.29, 1.82) is 0 Å². The highest BCUT2D eigenvalue weighted by molar-refractivity contribution is 8.03. The van der Waals surface area contributed by atoms with Gasteiger partial charge in [-0.25, -0.2) is 0 Å². The van der Waals surface area contributed by atoms with Gasteiger partial charge in [-0.2, -0.15) is 23.5 Å². The van der Waals surface area contributed by atoms with Crippen molar-refractivity contribution in [3.63, 3.8) is 0 Å². The summed E-state index contributed by atoms with van der Waals surface area (Å²) < 4.78 is 0. The summed E-state index contributed by atoms with van der Waals surface area (Å²) in [7, 11) is 0. The Morgan fingerprint density at radius 3 is 2.23 bits per heavy atom. The van der Waals surface area contributed by atoms with E-state index in [2.05, 4.69) is 44.3 Å². The smallest absolute Gasteiger partial charge is 0.0109 e. The zero-order valence-electron chi connectivity index (χ0n) is 9.34. The Kier molecular flexibility index (Phi) is 11.4. The number of thioether (sulfide) groups is 2. The first-order chi connectivity index (χ1) is 6.31. The Bertz CT molecular complexity index is 94.1. The fourth-order valence-corrected chi connectivity index (χ4v) is 3.50. The highest BCUT2D eigenvalue weighted by atomic mass is 32.2. The summed E-state index contributed by atoms with van der Waals surface area (Å²) in [4.78, 5) is 0.